The van der Waals surface area contributed by atoms with Gasteiger partial charge in [-0.25, -0.2) is 4.79 Å². The zero-order valence-electron chi connectivity index (χ0n) is 12.1. The summed E-state index contributed by atoms with van der Waals surface area (Å²) in [6, 6.07) is 4.80. The molecule has 2 N–H and O–H groups in total. The molecule has 0 bridgehead atoms. The van der Waals surface area contributed by atoms with E-state index in [0.717, 1.165) is 23.3 Å². The molecule has 20 heavy (non-hydrogen) atoms. The van der Waals surface area contributed by atoms with Crippen molar-refractivity contribution in [3.8, 4) is 0 Å². The van der Waals surface area contributed by atoms with Crippen molar-refractivity contribution in [3.05, 3.63) is 29.3 Å². The summed E-state index contributed by atoms with van der Waals surface area (Å²) < 4.78 is 0. The van der Waals surface area contributed by atoms with Gasteiger partial charge in [-0.1, -0.05) is 25.8 Å². The average Bonchev–Trinajstić information content (AvgIpc) is 2.43. The first-order valence-electron chi connectivity index (χ1n) is 6.67. The van der Waals surface area contributed by atoms with E-state index in [1.807, 2.05) is 32.2 Å². The lowest BCUT2D eigenvalue weighted by Gasteiger charge is -2.15. The molecule has 1 aromatic rings. The first-order valence-corrected chi connectivity index (χ1v) is 7.90. The van der Waals surface area contributed by atoms with Crippen LogP contribution < -0.4 is 5.32 Å². The second-order valence-corrected chi connectivity index (χ2v) is 5.57. The smallest absolute Gasteiger partial charge is 0.326 e. The third kappa shape index (κ3) is 4.56. The molecule has 1 unspecified atom stereocenters. The monoisotopic (exact) mass is 295 g/mol. The normalized spacial score (nSPS) is 11.9. The second-order valence-electron chi connectivity index (χ2n) is 4.69. The molecule has 5 heteroatoms. The number of nitrogens with one attached hydrogen (secondary N) is 1. The van der Waals surface area contributed by atoms with Crippen LogP contribution in [-0.2, 0) is 4.79 Å². The van der Waals surface area contributed by atoms with Crippen LogP contribution in [0.1, 0.15) is 42.1 Å². The summed E-state index contributed by atoms with van der Waals surface area (Å²) >= 11 is 1.55. The molecule has 110 valence electrons. The number of thioether (sulfide) groups is 1. The summed E-state index contributed by atoms with van der Waals surface area (Å²) in [5.74, 6) is -1.30. The van der Waals surface area contributed by atoms with E-state index in [-0.39, 0.29) is 5.91 Å². The fraction of sp³-hybridized carbons (Fsp3) is 0.467. The highest BCUT2D eigenvalue weighted by molar-refractivity contribution is 7.98. The van der Waals surface area contributed by atoms with Gasteiger partial charge in [0, 0.05) is 10.5 Å². The Hall–Kier alpha value is -1.49. The Morgan fingerprint density at radius 2 is 2.10 bits per heavy atom. The van der Waals surface area contributed by atoms with Gasteiger partial charge in [-0.2, -0.15) is 0 Å². The minimum Gasteiger partial charge on any atom is -0.480 e. The van der Waals surface area contributed by atoms with Crippen LogP contribution in [0.3, 0.4) is 0 Å². The number of carboxylic acid groups (broad SMARTS) is 1. The van der Waals surface area contributed by atoms with Gasteiger partial charge in [-0.05, 0) is 37.3 Å². The van der Waals surface area contributed by atoms with Crippen molar-refractivity contribution < 1.29 is 14.7 Å². The van der Waals surface area contributed by atoms with Crippen LogP contribution in [0.5, 0.6) is 0 Å². The van der Waals surface area contributed by atoms with E-state index in [1.54, 1.807) is 17.8 Å². The highest BCUT2D eigenvalue weighted by Gasteiger charge is 2.20. The molecule has 0 aliphatic carbocycles. The summed E-state index contributed by atoms with van der Waals surface area (Å²) in [6.07, 6.45) is 4.08. The van der Waals surface area contributed by atoms with E-state index in [2.05, 4.69) is 5.32 Å². The van der Waals surface area contributed by atoms with Crippen LogP contribution in [0.25, 0.3) is 0 Å². The van der Waals surface area contributed by atoms with Crippen LogP contribution >= 0.6 is 11.8 Å². The van der Waals surface area contributed by atoms with Crippen molar-refractivity contribution in [2.24, 2.45) is 0 Å². The quantitative estimate of drug-likeness (QED) is 0.759. The number of rotatable bonds is 7. The molecule has 0 fully saturated rings. The highest BCUT2D eigenvalue weighted by Crippen LogP contribution is 2.19. The van der Waals surface area contributed by atoms with Crippen LogP contribution in [0.15, 0.2) is 23.1 Å². The van der Waals surface area contributed by atoms with Gasteiger partial charge in [0.05, 0.1) is 0 Å². The summed E-state index contributed by atoms with van der Waals surface area (Å²) in [7, 11) is 0. The van der Waals surface area contributed by atoms with Crippen molar-refractivity contribution in [2.75, 3.05) is 6.26 Å². The molecule has 0 aliphatic rings. The first-order chi connectivity index (χ1) is 9.49. The van der Waals surface area contributed by atoms with Crippen molar-refractivity contribution in [1.82, 2.24) is 5.32 Å². The SMILES string of the molecule is CCCCC(NC(=O)c1cc(SC)ccc1C)C(=O)O. The molecule has 0 radical (unpaired) electrons. The molecule has 4 nitrogen and oxygen atoms in total. The lowest BCUT2D eigenvalue weighted by Crippen LogP contribution is -2.41. The number of hydrogen-bond donors (Lipinski definition) is 2. The third-order valence-electron chi connectivity index (χ3n) is 3.14. The lowest BCUT2D eigenvalue weighted by atomic mass is 10.1. The van der Waals surface area contributed by atoms with Gasteiger partial charge in [0.15, 0.2) is 0 Å². The fourth-order valence-electron chi connectivity index (χ4n) is 1.87. The molecule has 1 aromatic carbocycles. The number of amides is 1. The number of aliphatic carboxylic acids is 1. The number of carbonyl (C=O) groups excluding carboxylic acids is 1. The Labute approximate surface area is 124 Å². The van der Waals surface area contributed by atoms with Gasteiger partial charge in [-0.3, -0.25) is 4.79 Å². The third-order valence-corrected chi connectivity index (χ3v) is 3.86. The van der Waals surface area contributed by atoms with E-state index in [1.165, 1.54) is 0 Å². The number of unbranched alkanes of at least 4 members (excludes halogenated alkanes) is 1. The van der Waals surface area contributed by atoms with Gasteiger partial charge in [0.2, 0.25) is 0 Å². The van der Waals surface area contributed by atoms with E-state index in [4.69, 9.17) is 5.11 Å². The zero-order chi connectivity index (χ0) is 15.1. The Balaban J connectivity index is 2.85. The minimum absolute atomic E-state index is 0.318. The maximum atomic E-state index is 12.2. The number of benzene rings is 1. The molecular weight excluding hydrogens is 274 g/mol. The number of hydrogen-bond acceptors (Lipinski definition) is 3. The molecule has 1 atom stereocenters. The molecule has 1 rings (SSSR count). The van der Waals surface area contributed by atoms with Crippen LogP contribution in [-0.4, -0.2) is 29.3 Å². The predicted molar refractivity (Wildman–Crippen MR) is 81.4 cm³/mol. The molecule has 0 aromatic heterocycles. The topological polar surface area (TPSA) is 66.4 Å². The molecule has 0 saturated heterocycles. The Kier molecular flexibility index (Phi) is 6.58. The largest absolute Gasteiger partial charge is 0.480 e. The van der Waals surface area contributed by atoms with Gasteiger partial charge >= 0.3 is 5.97 Å². The minimum atomic E-state index is -0.981. The highest BCUT2D eigenvalue weighted by atomic mass is 32.2. The molecule has 1 amide bonds. The summed E-state index contributed by atoms with van der Waals surface area (Å²) in [4.78, 5) is 24.4. The predicted octanol–water partition coefficient (Wildman–Crippen LogP) is 3.09. The van der Waals surface area contributed by atoms with E-state index in [0.29, 0.717) is 12.0 Å². The maximum Gasteiger partial charge on any atom is 0.326 e. The lowest BCUT2D eigenvalue weighted by molar-refractivity contribution is -0.139. The average molecular weight is 295 g/mol. The Morgan fingerprint density at radius 1 is 1.40 bits per heavy atom. The van der Waals surface area contributed by atoms with Crippen LogP contribution in [0, 0.1) is 6.92 Å². The van der Waals surface area contributed by atoms with E-state index < -0.39 is 12.0 Å². The fourth-order valence-corrected chi connectivity index (χ4v) is 2.31. The van der Waals surface area contributed by atoms with Crippen molar-refractivity contribution in [2.45, 2.75) is 44.0 Å². The maximum absolute atomic E-state index is 12.2. The van der Waals surface area contributed by atoms with Crippen molar-refractivity contribution in [1.29, 1.82) is 0 Å². The molecule has 0 aliphatic heterocycles. The zero-order valence-corrected chi connectivity index (χ0v) is 12.9. The number of carboxylic acids is 1. The van der Waals surface area contributed by atoms with Gasteiger partial charge < -0.3 is 10.4 Å². The van der Waals surface area contributed by atoms with E-state index >= 15 is 0 Å². The Morgan fingerprint density at radius 3 is 2.65 bits per heavy atom. The standard InChI is InChI=1S/C15H21NO3S/c1-4-5-6-13(15(18)19)16-14(17)12-9-11(20-3)8-7-10(12)2/h7-9,13H,4-6H2,1-3H3,(H,16,17)(H,18,19). The van der Waals surface area contributed by atoms with Gasteiger partial charge in [-0.15, -0.1) is 11.8 Å². The van der Waals surface area contributed by atoms with Gasteiger partial charge in [0.1, 0.15) is 6.04 Å². The van der Waals surface area contributed by atoms with Crippen LogP contribution in [0.2, 0.25) is 0 Å². The molecule has 0 heterocycles. The first kappa shape index (κ1) is 16.6. The number of aryl methyl sites for hydroxylation is 1. The van der Waals surface area contributed by atoms with Gasteiger partial charge in [0.25, 0.3) is 5.91 Å². The van der Waals surface area contributed by atoms with E-state index in [9.17, 15) is 9.59 Å². The second kappa shape index (κ2) is 7.94. The summed E-state index contributed by atoms with van der Waals surface area (Å²) in [6.45, 7) is 3.84. The molecular formula is C15H21NO3S. The summed E-state index contributed by atoms with van der Waals surface area (Å²) in [5, 5.41) is 11.8. The number of carbonyl (C=O) groups is 2. The molecule has 0 saturated carbocycles. The Bertz CT molecular complexity index is 488. The van der Waals surface area contributed by atoms with Crippen molar-refractivity contribution >= 4 is 23.6 Å². The molecule has 0 spiro atoms. The summed E-state index contributed by atoms with van der Waals surface area (Å²) in [5.41, 5.74) is 1.39. The van der Waals surface area contributed by atoms with Crippen molar-refractivity contribution in [3.63, 3.8) is 0 Å². The van der Waals surface area contributed by atoms with Crippen LogP contribution in [0.4, 0.5) is 0 Å².